The van der Waals surface area contributed by atoms with Crippen LogP contribution in [0.2, 0.25) is 0 Å². The second-order valence-corrected chi connectivity index (χ2v) is 2.77. The molecule has 4 heteroatoms. The summed E-state index contributed by atoms with van der Waals surface area (Å²) in [6.07, 6.45) is 2.87. The van der Waals surface area contributed by atoms with Crippen molar-refractivity contribution in [2.24, 2.45) is 0 Å². The maximum Gasteiger partial charge on any atom is 0.341 e. The van der Waals surface area contributed by atoms with Crippen LogP contribution in [0.5, 0.6) is 0 Å². The number of hydrogen-bond acceptors (Lipinski definition) is 3. The summed E-state index contributed by atoms with van der Waals surface area (Å²) in [5.74, 6) is -0.335. The Morgan fingerprint density at radius 3 is 3.00 bits per heavy atom. The van der Waals surface area contributed by atoms with Crippen LogP contribution >= 0.6 is 0 Å². The van der Waals surface area contributed by atoms with Gasteiger partial charge in [-0.05, 0) is 13.0 Å². The fourth-order valence-electron chi connectivity index (χ4n) is 1.24. The van der Waals surface area contributed by atoms with Crippen LogP contribution in [0.1, 0.15) is 16.1 Å². The summed E-state index contributed by atoms with van der Waals surface area (Å²) >= 11 is 0. The lowest BCUT2D eigenvalue weighted by atomic mass is 10.2. The van der Waals surface area contributed by atoms with E-state index in [2.05, 4.69) is 4.98 Å². The van der Waals surface area contributed by atoms with Gasteiger partial charge in [0.25, 0.3) is 0 Å². The van der Waals surface area contributed by atoms with Crippen molar-refractivity contribution in [1.82, 2.24) is 4.98 Å². The number of nitrogens with zero attached hydrogens (tertiary/aromatic N) is 1. The quantitative estimate of drug-likeness (QED) is 0.721. The number of aryl methyl sites for hydroxylation is 1. The van der Waals surface area contributed by atoms with E-state index in [0.717, 1.165) is 5.39 Å². The van der Waals surface area contributed by atoms with Gasteiger partial charge in [0.1, 0.15) is 11.3 Å². The first-order valence-corrected chi connectivity index (χ1v) is 3.76. The molecule has 1 N–H and O–H groups in total. The van der Waals surface area contributed by atoms with Crippen LogP contribution in [-0.4, -0.2) is 16.1 Å². The van der Waals surface area contributed by atoms with Gasteiger partial charge < -0.3 is 9.52 Å². The molecule has 0 aliphatic rings. The largest absolute Gasteiger partial charge is 0.477 e. The molecule has 2 rings (SSSR count). The van der Waals surface area contributed by atoms with Crippen molar-refractivity contribution in [3.05, 3.63) is 29.8 Å². The second-order valence-electron chi connectivity index (χ2n) is 2.77. The molecule has 0 radical (unpaired) electrons. The molecule has 0 atom stereocenters. The molecule has 2 heterocycles. The van der Waals surface area contributed by atoms with E-state index in [4.69, 9.17) is 9.52 Å². The molecule has 0 bridgehead atoms. The molecule has 0 aliphatic carbocycles. The van der Waals surface area contributed by atoms with Crippen LogP contribution in [0, 0.1) is 6.92 Å². The van der Waals surface area contributed by atoms with Crippen LogP contribution < -0.4 is 0 Å². The lowest BCUT2D eigenvalue weighted by Gasteiger charge is -1.93. The van der Waals surface area contributed by atoms with Gasteiger partial charge in [0.05, 0.1) is 0 Å². The molecule has 0 spiro atoms. The molecule has 0 unspecified atom stereocenters. The fourth-order valence-corrected chi connectivity index (χ4v) is 1.24. The van der Waals surface area contributed by atoms with Crippen LogP contribution in [-0.2, 0) is 0 Å². The van der Waals surface area contributed by atoms with E-state index in [1.807, 2.05) is 0 Å². The van der Waals surface area contributed by atoms with Crippen molar-refractivity contribution >= 4 is 16.9 Å². The third-order valence-corrected chi connectivity index (χ3v) is 1.78. The highest BCUT2D eigenvalue weighted by Gasteiger charge is 2.12. The van der Waals surface area contributed by atoms with E-state index in [1.165, 1.54) is 6.20 Å². The molecular formula is C9H7NO3. The summed E-state index contributed by atoms with van der Waals surface area (Å²) in [6, 6.07) is 1.76. The van der Waals surface area contributed by atoms with Crippen LogP contribution in [0.15, 0.2) is 22.9 Å². The Morgan fingerprint density at radius 1 is 1.54 bits per heavy atom. The molecule has 0 aromatic carbocycles. The average Bonchev–Trinajstić information content (AvgIpc) is 2.43. The Kier molecular flexibility index (Phi) is 1.55. The predicted molar refractivity (Wildman–Crippen MR) is 45.7 cm³/mol. The number of carboxylic acids is 1. The number of aromatic carboxylic acids is 1. The molecule has 0 amide bonds. The fraction of sp³-hybridized carbons (Fsp3) is 0.111. The van der Waals surface area contributed by atoms with Crippen molar-refractivity contribution in [2.75, 3.05) is 0 Å². The zero-order valence-corrected chi connectivity index (χ0v) is 6.94. The number of hydrogen-bond donors (Lipinski definition) is 1. The van der Waals surface area contributed by atoms with Gasteiger partial charge in [-0.2, -0.15) is 0 Å². The van der Waals surface area contributed by atoms with Gasteiger partial charge in [0.15, 0.2) is 5.58 Å². The lowest BCUT2D eigenvalue weighted by molar-refractivity contribution is 0.0697. The maximum atomic E-state index is 10.7. The number of rotatable bonds is 1. The van der Waals surface area contributed by atoms with Gasteiger partial charge in [0.2, 0.25) is 0 Å². The minimum absolute atomic E-state index is 0.102. The Bertz CT molecular complexity index is 473. The summed E-state index contributed by atoms with van der Waals surface area (Å²) in [5.41, 5.74) is 0.491. The molecular weight excluding hydrogens is 170 g/mol. The van der Waals surface area contributed by atoms with E-state index >= 15 is 0 Å². The lowest BCUT2D eigenvalue weighted by Crippen LogP contribution is -1.96. The molecule has 4 nitrogen and oxygen atoms in total. The van der Waals surface area contributed by atoms with Crippen LogP contribution in [0.25, 0.3) is 11.0 Å². The molecule has 0 saturated heterocycles. The second kappa shape index (κ2) is 2.58. The van der Waals surface area contributed by atoms with Crippen molar-refractivity contribution in [3.63, 3.8) is 0 Å². The third-order valence-electron chi connectivity index (χ3n) is 1.78. The molecule has 0 fully saturated rings. The minimum atomic E-state index is -1.02. The van der Waals surface area contributed by atoms with E-state index in [1.54, 1.807) is 19.2 Å². The van der Waals surface area contributed by atoms with Crippen molar-refractivity contribution in [1.29, 1.82) is 0 Å². The first kappa shape index (κ1) is 7.79. The molecule has 2 aromatic rings. The first-order chi connectivity index (χ1) is 6.18. The van der Waals surface area contributed by atoms with Crippen molar-refractivity contribution in [2.45, 2.75) is 6.92 Å². The molecule has 66 valence electrons. The smallest absolute Gasteiger partial charge is 0.341 e. The molecule has 0 aliphatic heterocycles. The Hall–Kier alpha value is -1.84. The first-order valence-electron chi connectivity index (χ1n) is 3.76. The van der Waals surface area contributed by atoms with Crippen LogP contribution in [0.3, 0.4) is 0 Å². The molecule has 13 heavy (non-hydrogen) atoms. The number of pyridine rings is 1. The highest BCUT2D eigenvalue weighted by molar-refractivity contribution is 6.00. The topological polar surface area (TPSA) is 63.3 Å². The number of aromatic nitrogens is 1. The average molecular weight is 177 g/mol. The normalized spacial score (nSPS) is 10.5. The summed E-state index contributed by atoms with van der Waals surface area (Å²) in [7, 11) is 0. The number of furan rings is 1. The van der Waals surface area contributed by atoms with Crippen molar-refractivity contribution in [3.8, 4) is 0 Å². The van der Waals surface area contributed by atoms with Gasteiger partial charge in [-0.15, -0.1) is 0 Å². The molecule has 0 saturated carbocycles. The number of carboxylic acid groups (broad SMARTS) is 1. The number of carbonyl (C=O) groups is 1. The van der Waals surface area contributed by atoms with Crippen molar-refractivity contribution < 1.29 is 14.3 Å². The SMILES string of the molecule is Cc1cc2cncc(C(=O)O)c2o1. The van der Waals surface area contributed by atoms with Gasteiger partial charge in [-0.1, -0.05) is 0 Å². The summed E-state index contributed by atoms with van der Waals surface area (Å²) in [5, 5.41) is 9.51. The van der Waals surface area contributed by atoms with Gasteiger partial charge >= 0.3 is 5.97 Å². The zero-order valence-electron chi connectivity index (χ0n) is 6.94. The van der Waals surface area contributed by atoms with E-state index in [0.29, 0.717) is 11.3 Å². The standard InChI is InChI=1S/C9H7NO3/c1-5-2-6-3-10-4-7(9(11)12)8(6)13-5/h2-4H,1H3,(H,11,12). The summed E-state index contributed by atoms with van der Waals surface area (Å²) in [6.45, 7) is 1.77. The highest BCUT2D eigenvalue weighted by Crippen LogP contribution is 2.21. The molecule has 2 aromatic heterocycles. The van der Waals surface area contributed by atoms with E-state index < -0.39 is 5.97 Å². The zero-order chi connectivity index (χ0) is 9.42. The summed E-state index contributed by atoms with van der Waals surface area (Å²) in [4.78, 5) is 14.5. The van der Waals surface area contributed by atoms with Gasteiger partial charge in [-0.3, -0.25) is 4.98 Å². The van der Waals surface area contributed by atoms with Crippen LogP contribution in [0.4, 0.5) is 0 Å². The monoisotopic (exact) mass is 177 g/mol. The Balaban J connectivity index is 2.82. The predicted octanol–water partition coefficient (Wildman–Crippen LogP) is 1.83. The van der Waals surface area contributed by atoms with Gasteiger partial charge in [0, 0.05) is 17.8 Å². The third kappa shape index (κ3) is 1.16. The van der Waals surface area contributed by atoms with E-state index in [9.17, 15) is 4.79 Å². The minimum Gasteiger partial charge on any atom is -0.477 e. The highest BCUT2D eigenvalue weighted by atomic mass is 16.4. The Labute approximate surface area is 73.8 Å². The maximum absolute atomic E-state index is 10.7. The number of fused-ring (bicyclic) bond motifs is 1. The Morgan fingerprint density at radius 2 is 2.31 bits per heavy atom. The van der Waals surface area contributed by atoms with E-state index in [-0.39, 0.29) is 5.56 Å². The summed E-state index contributed by atoms with van der Waals surface area (Å²) < 4.78 is 5.24. The van der Waals surface area contributed by atoms with Gasteiger partial charge in [-0.25, -0.2) is 4.79 Å².